The normalized spacial score (nSPS) is 22.9. The van der Waals surface area contributed by atoms with Crippen LogP contribution >= 0.6 is 15.9 Å². The van der Waals surface area contributed by atoms with Gasteiger partial charge >= 0.3 is 6.03 Å². The molecule has 1 heterocycles. The highest BCUT2D eigenvalue weighted by Crippen LogP contribution is 2.29. The maximum atomic E-state index is 11.7. The SMILES string of the molecule is CC1CC1NC(=O)N(C)Cc1ccc(Br)o1. The van der Waals surface area contributed by atoms with Crippen molar-refractivity contribution in [3.8, 4) is 0 Å². The lowest BCUT2D eigenvalue weighted by molar-refractivity contribution is 0.202. The molecule has 4 nitrogen and oxygen atoms in total. The molecule has 0 aromatic carbocycles. The Kier molecular flexibility index (Phi) is 3.23. The molecule has 0 radical (unpaired) electrons. The maximum absolute atomic E-state index is 11.7. The van der Waals surface area contributed by atoms with Crippen LogP contribution in [0.1, 0.15) is 19.1 Å². The molecule has 0 bridgehead atoms. The van der Waals surface area contributed by atoms with E-state index in [1.807, 2.05) is 12.1 Å². The summed E-state index contributed by atoms with van der Waals surface area (Å²) in [6, 6.07) is 4.00. The highest BCUT2D eigenvalue weighted by atomic mass is 79.9. The Morgan fingerprint density at radius 3 is 2.88 bits per heavy atom. The minimum absolute atomic E-state index is 0.0399. The van der Waals surface area contributed by atoms with Crippen molar-refractivity contribution in [3.63, 3.8) is 0 Å². The van der Waals surface area contributed by atoms with E-state index in [1.165, 1.54) is 0 Å². The van der Waals surface area contributed by atoms with Crippen LogP contribution in [0.15, 0.2) is 21.2 Å². The van der Waals surface area contributed by atoms with Crippen molar-refractivity contribution >= 4 is 22.0 Å². The van der Waals surface area contributed by atoms with Gasteiger partial charge < -0.3 is 14.6 Å². The van der Waals surface area contributed by atoms with Crippen LogP contribution in [-0.2, 0) is 6.54 Å². The first-order valence-corrected chi connectivity index (χ1v) is 6.11. The van der Waals surface area contributed by atoms with Crippen molar-refractivity contribution in [3.05, 3.63) is 22.6 Å². The molecular formula is C11H15BrN2O2. The summed E-state index contributed by atoms with van der Waals surface area (Å²) in [7, 11) is 1.76. The number of urea groups is 1. The molecule has 2 amide bonds. The Labute approximate surface area is 103 Å². The van der Waals surface area contributed by atoms with E-state index in [4.69, 9.17) is 4.42 Å². The van der Waals surface area contributed by atoms with E-state index in [-0.39, 0.29) is 6.03 Å². The van der Waals surface area contributed by atoms with Crippen molar-refractivity contribution in [1.82, 2.24) is 10.2 Å². The first-order chi connectivity index (χ1) is 7.56. The van der Waals surface area contributed by atoms with E-state index in [9.17, 15) is 4.79 Å². The second-order valence-electron chi connectivity index (χ2n) is 4.33. The van der Waals surface area contributed by atoms with Crippen LogP contribution < -0.4 is 5.32 Å². The molecule has 0 aliphatic heterocycles. The topological polar surface area (TPSA) is 45.5 Å². The zero-order valence-corrected chi connectivity index (χ0v) is 11.0. The zero-order chi connectivity index (χ0) is 11.7. The molecule has 2 rings (SSSR count). The van der Waals surface area contributed by atoms with Crippen LogP contribution in [0.25, 0.3) is 0 Å². The Hall–Kier alpha value is -0.970. The number of hydrogen-bond donors (Lipinski definition) is 1. The molecule has 1 aliphatic rings. The average molecular weight is 287 g/mol. The van der Waals surface area contributed by atoms with E-state index >= 15 is 0 Å². The smallest absolute Gasteiger partial charge is 0.317 e. The van der Waals surface area contributed by atoms with Crippen molar-refractivity contribution in [2.24, 2.45) is 5.92 Å². The van der Waals surface area contributed by atoms with E-state index in [0.717, 1.165) is 12.2 Å². The lowest BCUT2D eigenvalue weighted by Crippen LogP contribution is -2.38. The van der Waals surface area contributed by atoms with Gasteiger partial charge in [0.2, 0.25) is 0 Å². The molecule has 2 atom stereocenters. The van der Waals surface area contributed by atoms with Crippen molar-refractivity contribution < 1.29 is 9.21 Å². The van der Waals surface area contributed by atoms with E-state index in [2.05, 4.69) is 28.2 Å². The van der Waals surface area contributed by atoms with Gasteiger partial charge in [0.05, 0.1) is 6.54 Å². The molecule has 1 N–H and O–H groups in total. The van der Waals surface area contributed by atoms with Gasteiger partial charge in [-0.1, -0.05) is 6.92 Å². The van der Waals surface area contributed by atoms with Crippen molar-refractivity contribution in [2.75, 3.05) is 7.05 Å². The van der Waals surface area contributed by atoms with Gasteiger partial charge in [-0.15, -0.1) is 0 Å². The van der Waals surface area contributed by atoms with Gasteiger partial charge in [-0.3, -0.25) is 0 Å². The molecule has 1 aliphatic carbocycles. The van der Waals surface area contributed by atoms with Gasteiger partial charge in [0.15, 0.2) is 4.67 Å². The average Bonchev–Trinajstić information content (AvgIpc) is 2.73. The van der Waals surface area contributed by atoms with Crippen LogP contribution in [0.2, 0.25) is 0 Å². The molecule has 88 valence electrons. The van der Waals surface area contributed by atoms with Gasteiger partial charge in [0.1, 0.15) is 5.76 Å². The molecule has 1 fully saturated rings. The van der Waals surface area contributed by atoms with Crippen LogP contribution in [0, 0.1) is 5.92 Å². The minimum Gasteiger partial charge on any atom is -0.452 e. The summed E-state index contributed by atoms with van der Waals surface area (Å²) in [5, 5.41) is 2.96. The quantitative estimate of drug-likeness (QED) is 0.928. The Bertz CT molecular complexity index is 391. The molecule has 1 saturated carbocycles. The molecule has 1 aromatic heterocycles. The molecule has 1 aromatic rings. The zero-order valence-electron chi connectivity index (χ0n) is 9.37. The lowest BCUT2D eigenvalue weighted by atomic mass is 10.4. The van der Waals surface area contributed by atoms with Gasteiger partial charge in [-0.05, 0) is 40.4 Å². The summed E-state index contributed by atoms with van der Waals surface area (Å²) in [5.74, 6) is 1.39. The van der Waals surface area contributed by atoms with Crippen molar-refractivity contribution in [2.45, 2.75) is 25.9 Å². The van der Waals surface area contributed by atoms with E-state index in [1.54, 1.807) is 11.9 Å². The maximum Gasteiger partial charge on any atom is 0.317 e. The fraction of sp³-hybridized carbons (Fsp3) is 0.545. The van der Waals surface area contributed by atoms with Crippen LogP contribution in [-0.4, -0.2) is 24.0 Å². The molecular weight excluding hydrogens is 272 g/mol. The molecule has 2 unspecified atom stereocenters. The second-order valence-corrected chi connectivity index (χ2v) is 5.11. The number of nitrogens with zero attached hydrogens (tertiary/aromatic N) is 1. The van der Waals surface area contributed by atoms with Gasteiger partial charge in [-0.25, -0.2) is 4.79 Å². The number of hydrogen-bond acceptors (Lipinski definition) is 2. The lowest BCUT2D eigenvalue weighted by Gasteiger charge is -2.16. The van der Waals surface area contributed by atoms with E-state index < -0.39 is 0 Å². The van der Waals surface area contributed by atoms with Gasteiger partial charge in [-0.2, -0.15) is 0 Å². The largest absolute Gasteiger partial charge is 0.452 e. The summed E-state index contributed by atoms with van der Waals surface area (Å²) in [4.78, 5) is 13.3. The van der Waals surface area contributed by atoms with Gasteiger partial charge in [0.25, 0.3) is 0 Å². The Balaban J connectivity index is 1.82. The standard InChI is InChI=1S/C11H15BrN2O2/c1-7-5-9(7)13-11(15)14(2)6-8-3-4-10(12)16-8/h3-4,7,9H,5-6H2,1-2H3,(H,13,15). The first-order valence-electron chi connectivity index (χ1n) is 5.32. The first kappa shape index (κ1) is 11.5. The number of halogens is 1. The predicted octanol–water partition coefficient (Wildman–Crippen LogP) is 2.59. The summed E-state index contributed by atoms with van der Waals surface area (Å²) in [5.41, 5.74) is 0. The Morgan fingerprint density at radius 2 is 2.38 bits per heavy atom. The molecule has 5 heteroatoms. The fourth-order valence-corrected chi connectivity index (χ4v) is 1.87. The number of amides is 2. The summed E-state index contributed by atoms with van der Waals surface area (Å²) >= 11 is 3.23. The molecule has 16 heavy (non-hydrogen) atoms. The number of furan rings is 1. The molecule has 0 saturated heterocycles. The number of rotatable bonds is 3. The third kappa shape index (κ3) is 2.78. The fourth-order valence-electron chi connectivity index (χ4n) is 1.53. The minimum atomic E-state index is -0.0399. The third-order valence-electron chi connectivity index (χ3n) is 2.79. The number of nitrogens with one attached hydrogen (secondary N) is 1. The van der Waals surface area contributed by atoms with E-state index in [0.29, 0.717) is 23.2 Å². The highest BCUT2D eigenvalue weighted by molar-refractivity contribution is 9.10. The van der Waals surface area contributed by atoms with Crippen LogP contribution in [0.4, 0.5) is 4.79 Å². The third-order valence-corrected chi connectivity index (χ3v) is 3.21. The Morgan fingerprint density at radius 1 is 1.69 bits per heavy atom. The predicted molar refractivity (Wildman–Crippen MR) is 64.0 cm³/mol. The highest BCUT2D eigenvalue weighted by Gasteiger charge is 2.34. The van der Waals surface area contributed by atoms with Crippen LogP contribution in [0.5, 0.6) is 0 Å². The molecule has 0 spiro atoms. The summed E-state index contributed by atoms with van der Waals surface area (Å²) in [6.07, 6.45) is 1.09. The van der Waals surface area contributed by atoms with Gasteiger partial charge in [0, 0.05) is 13.1 Å². The van der Waals surface area contributed by atoms with Crippen molar-refractivity contribution in [1.29, 1.82) is 0 Å². The number of carbonyl (C=O) groups excluding carboxylic acids is 1. The summed E-state index contributed by atoms with van der Waals surface area (Å²) in [6.45, 7) is 2.62. The van der Waals surface area contributed by atoms with Crippen LogP contribution in [0.3, 0.4) is 0 Å². The second kappa shape index (κ2) is 4.49. The number of carbonyl (C=O) groups is 1. The summed E-state index contributed by atoms with van der Waals surface area (Å²) < 4.78 is 6.03. The monoisotopic (exact) mass is 286 g/mol.